The lowest BCUT2D eigenvalue weighted by Gasteiger charge is -2.12. The Kier molecular flexibility index (Phi) is 4.32. The Morgan fingerprint density at radius 2 is 2.05 bits per heavy atom. The van der Waals surface area contributed by atoms with Gasteiger partial charge in [0.15, 0.2) is 5.76 Å². The molecule has 0 spiro atoms. The molecular weight excluding hydrogens is 324 g/mol. The second-order valence-electron chi connectivity index (χ2n) is 4.99. The van der Waals surface area contributed by atoms with Crippen molar-refractivity contribution < 1.29 is 17.6 Å². The molecule has 0 unspecified atom stereocenters. The monoisotopic (exact) mass is 340 g/mol. The minimum absolute atomic E-state index is 0.00864. The molecule has 1 aliphatic rings. The molecule has 1 saturated heterocycles. The van der Waals surface area contributed by atoms with E-state index in [4.69, 9.17) is 4.42 Å². The van der Waals surface area contributed by atoms with Gasteiger partial charge in [0.1, 0.15) is 0 Å². The van der Waals surface area contributed by atoms with E-state index in [-0.39, 0.29) is 10.9 Å². The highest BCUT2D eigenvalue weighted by Crippen LogP contribution is 2.22. The molecule has 118 valence electrons. The third-order valence-electron chi connectivity index (χ3n) is 3.47. The van der Waals surface area contributed by atoms with E-state index in [9.17, 15) is 13.2 Å². The van der Waals surface area contributed by atoms with Crippen LogP contribution in [0.4, 0.5) is 0 Å². The van der Waals surface area contributed by atoms with Crippen LogP contribution in [0.25, 0.3) is 0 Å². The van der Waals surface area contributed by atoms with Crippen LogP contribution in [-0.2, 0) is 16.6 Å². The first kappa shape index (κ1) is 15.3. The lowest BCUT2D eigenvalue weighted by atomic mass is 10.4. The van der Waals surface area contributed by atoms with Crippen molar-refractivity contribution in [2.24, 2.45) is 0 Å². The summed E-state index contributed by atoms with van der Waals surface area (Å²) in [4.78, 5) is 13.0. The lowest BCUT2D eigenvalue weighted by molar-refractivity contribution is 0.0918. The van der Waals surface area contributed by atoms with Gasteiger partial charge in [-0.3, -0.25) is 4.79 Å². The Labute approximate surface area is 132 Å². The van der Waals surface area contributed by atoms with Gasteiger partial charge in [0.2, 0.25) is 5.09 Å². The summed E-state index contributed by atoms with van der Waals surface area (Å²) in [6.07, 6.45) is 1.71. The molecule has 2 aromatic heterocycles. The maximum absolute atomic E-state index is 12.3. The molecule has 0 atom stereocenters. The standard InChI is InChI=1S/C14H16N2O4S2/c17-14(15-10-11-4-3-9-21-11)12-5-6-13(20-12)22(18,19)16-7-1-2-8-16/h3-6,9H,1-2,7-8,10H2,(H,15,17). The largest absolute Gasteiger partial charge is 0.438 e. The van der Waals surface area contributed by atoms with E-state index in [1.807, 2.05) is 17.5 Å². The first-order chi connectivity index (χ1) is 10.6. The molecule has 0 aromatic carbocycles. The topological polar surface area (TPSA) is 79.6 Å². The fraction of sp³-hybridized carbons (Fsp3) is 0.357. The normalized spacial score (nSPS) is 16.0. The number of amides is 1. The van der Waals surface area contributed by atoms with E-state index in [1.54, 1.807) is 0 Å². The van der Waals surface area contributed by atoms with Crippen LogP contribution < -0.4 is 5.32 Å². The number of hydrogen-bond acceptors (Lipinski definition) is 5. The number of hydrogen-bond donors (Lipinski definition) is 1. The first-order valence-corrected chi connectivity index (χ1v) is 9.30. The predicted octanol–water partition coefficient (Wildman–Crippen LogP) is 2.06. The van der Waals surface area contributed by atoms with E-state index < -0.39 is 15.9 Å². The van der Waals surface area contributed by atoms with Crippen molar-refractivity contribution in [2.45, 2.75) is 24.5 Å². The zero-order valence-corrected chi connectivity index (χ0v) is 13.5. The summed E-state index contributed by atoms with van der Waals surface area (Å²) in [5.41, 5.74) is 0. The molecule has 1 amide bonds. The van der Waals surface area contributed by atoms with Gasteiger partial charge in [0.05, 0.1) is 6.54 Å². The van der Waals surface area contributed by atoms with Crippen molar-refractivity contribution in [3.05, 3.63) is 40.3 Å². The fourth-order valence-corrected chi connectivity index (χ4v) is 4.38. The summed E-state index contributed by atoms with van der Waals surface area (Å²) in [6, 6.07) is 6.55. The van der Waals surface area contributed by atoms with Gasteiger partial charge in [0.25, 0.3) is 15.9 Å². The quantitative estimate of drug-likeness (QED) is 0.903. The number of thiophene rings is 1. The van der Waals surface area contributed by atoms with Gasteiger partial charge in [-0.05, 0) is 36.4 Å². The Balaban J connectivity index is 1.69. The van der Waals surface area contributed by atoms with Crippen LogP contribution in [0.15, 0.2) is 39.2 Å². The van der Waals surface area contributed by atoms with Crippen LogP contribution in [-0.4, -0.2) is 31.7 Å². The van der Waals surface area contributed by atoms with E-state index in [2.05, 4.69) is 5.32 Å². The minimum atomic E-state index is -3.62. The van der Waals surface area contributed by atoms with Gasteiger partial charge in [-0.2, -0.15) is 4.31 Å². The lowest BCUT2D eigenvalue weighted by Crippen LogP contribution is -2.27. The maximum Gasteiger partial charge on any atom is 0.287 e. The maximum atomic E-state index is 12.3. The van der Waals surface area contributed by atoms with E-state index in [0.717, 1.165) is 17.7 Å². The van der Waals surface area contributed by atoms with Crippen LogP contribution in [0, 0.1) is 0 Å². The zero-order valence-electron chi connectivity index (χ0n) is 11.8. The van der Waals surface area contributed by atoms with E-state index in [0.29, 0.717) is 19.6 Å². The molecule has 8 heteroatoms. The molecule has 1 aliphatic heterocycles. The van der Waals surface area contributed by atoms with E-state index in [1.165, 1.54) is 27.8 Å². The molecule has 0 saturated carbocycles. The highest BCUT2D eigenvalue weighted by molar-refractivity contribution is 7.89. The third-order valence-corrected chi connectivity index (χ3v) is 6.12. The molecule has 6 nitrogen and oxygen atoms in total. The average Bonchev–Trinajstić information content (AvgIpc) is 3.27. The molecule has 3 rings (SSSR count). The highest BCUT2D eigenvalue weighted by atomic mass is 32.2. The molecular formula is C14H16N2O4S2. The summed E-state index contributed by atoms with van der Waals surface area (Å²) < 4.78 is 31.3. The summed E-state index contributed by atoms with van der Waals surface area (Å²) >= 11 is 1.54. The number of sulfonamides is 1. The Hall–Kier alpha value is -1.64. The van der Waals surface area contributed by atoms with Crippen LogP contribution in [0.2, 0.25) is 0 Å². The molecule has 1 fully saturated rings. The molecule has 2 aromatic rings. The second-order valence-corrected chi connectivity index (χ2v) is 7.89. The molecule has 1 N–H and O–H groups in total. The molecule has 0 aliphatic carbocycles. The second kappa shape index (κ2) is 6.23. The van der Waals surface area contributed by atoms with E-state index >= 15 is 0 Å². The smallest absolute Gasteiger partial charge is 0.287 e. The number of nitrogens with zero attached hydrogens (tertiary/aromatic N) is 1. The highest BCUT2D eigenvalue weighted by Gasteiger charge is 2.30. The van der Waals surface area contributed by atoms with Crippen LogP contribution in [0.3, 0.4) is 0 Å². The number of carbonyl (C=O) groups is 1. The number of carbonyl (C=O) groups excluding carboxylic acids is 1. The van der Waals surface area contributed by atoms with Crippen molar-refractivity contribution in [2.75, 3.05) is 13.1 Å². The Bertz CT molecular complexity index is 744. The SMILES string of the molecule is O=C(NCc1cccs1)c1ccc(S(=O)(=O)N2CCCC2)o1. The number of nitrogens with one attached hydrogen (secondary N) is 1. The summed E-state index contributed by atoms with van der Waals surface area (Å²) in [6.45, 7) is 1.40. The molecule has 0 radical (unpaired) electrons. The number of furan rings is 1. The molecule has 3 heterocycles. The summed E-state index contributed by atoms with van der Waals surface area (Å²) in [5, 5.41) is 4.46. The number of rotatable bonds is 5. The van der Waals surface area contributed by atoms with Gasteiger partial charge >= 0.3 is 0 Å². The van der Waals surface area contributed by atoms with Gasteiger partial charge in [-0.1, -0.05) is 6.07 Å². The van der Waals surface area contributed by atoms with Crippen LogP contribution in [0.1, 0.15) is 28.3 Å². The van der Waals surface area contributed by atoms with Gasteiger partial charge in [0, 0.05) is 18.0 Å². The van der Waals surface area contributed by atoms with Gasteiger partial charge < -0.3 is 9.73 Å². The van der Waals surface area contributed by atoms with Crippen molar-refractivity contribution in [1.29, 1.82) is 0 Å². The van der Waals surface area contributed by atoms with Crippen molar-refractivity contribution in [1.82, 2.24) is 9.62 Å². The predicted molar refractivity (Wildman–Crippen MR) is 82.2 cm³/mol. The van der Waals surface area contributed by atoms with Gasteiger partial charge in [-0.15, -0.1) is 11.3 Å². The van der Waals surface area contributed by atoms with Crippen molar-refractivity contribution >= 4 is 27.3 Å². The fourth-order valence-electron chi connectivity index (χ4n) is 2.30. The first-order valence-electron chi connectivity index (χ1n) is 6.98. The molecule has 0 bridgehead atoms. The van der Waals surface area contributed by atoms with Gasteiger partial charge in [-0.25, -0.2) is 8.42 Å². The Morgan fingerprint density at radius 1 is 1.27 bits per heavy atom. The zero-order chi connectivity index (χ0) is 15.6. The summed E-state index contributed by atoms with van der Waals surface area (Å²) in [7, 11) is -3.62. The van der Waals surface area contributed by atoms with Crippen LogP contribution >= 0.6 is 11.3 Å². The van der Waals surface area contributed by atoms with Crippen molar-refractivity contribution in [3.63, 3.8) is 0 Å². The average molecular weight is 340 g/mol. The third kappa shape index (κ3) is 3.08. The Morgan fingerprint density at radius 3 is 2.73 bits per heavy atom. The van der Waals surface area contributed by atoms with Crippen molar-refractivity contribution in [3.8, 4) is 0 Å². The van der Waals surface area contributed by atoms with Crippen LogP contribution in [0.5, 0.6) is 0 Å². The minimum Gasteiger partial charge on any atom is -0.438 e. The summed E-state index contributed by atoms with van der Waals surface area (Å²) in [5.74, 6) is -0.411. The molecule has 22 heavy (non-hydrogen) atoms.